The molecule has 12 rings (SSSR count). The number of rotatable bonds is 6. The van der Waals surface area contributed by atoms with Gasteiger partial charge in [0.05, 0.1) is 5.69 Å². The van der Waals surface area contributed by atoms with E-state index in [1.807, 2.05) is 23.5 Å². The molecular weight excluding hydrogens is 727 g/mol. The summed E-state index contributed by atoms with van der Waals surface area (Å²) >= 11 is 1.91. The molecule has 1 aliphatic carbocycles. The van der Waals surface area contributed by atoms with Crippen LogP contribution in [-0.2, 0) is 6.42 Å². The summed E-state index contributed by atoms with van der Waals surface area (Å²) < 4.78 is 15.1. The lowest BCUT2D eigenvalue weighted by atomic mass is 9.91. The number of thiophene rings is 1. The highest BCUT2D eigenvalue weighted by Gasteiger charge is 2.25. The number of hydrogen-bond donors (Lipinski definition) is 0. The van der Waals surface area contributed by atoms with Crippen molar-refractivity contribution < 1.29 is 8.83 Å². The van der Waals surface area contributed by atoms with Crippen molar-refractivity contribution in [3.8, 4) is 22.3 Å². The van der Waals surface area contributed by atoms with Crippen molar-refractivity contribution >= 4 is 87.9 Å². The van der Waals surface area contributed by atoms with E-state index in [0.717, 1.165) is 84.9 Å². The summed E-state index contributed by atoms with van der Waals surface area (Å²) in [5.41, 5.74) is 15.0. The van der Waals surface area contributed by atoms with Crippen molar-refractivity contribution in [1.29, 1.82) is 0 Å². The van der Waals surface area contributed by atoms with E-state index >= 15 is 0 Å². The van der Waals surface area contributed by atoms with Gasteiger partial charge in [0.25, 0.3) is 0 Å². The first-order valence-electron chi connectivity index (χ1n) is 19.9. The zero-order chi connectivity index (χ0) is 38.2. The van der Waals surface area contributed by atoms with Gasteiger partial charge in [-0.25, -0.2) is 0 Å². The Balaban J connectivity index is 1.05. The van der Waals surface area contributed by atoms with Gasteiger partial charge in [-0.1, -0.05) is 140 Å². The van der Waals surface area contributed by atoms with E-state index in [-0.39, 0.29) is 0 Å². The number of furan rings is 2. The number of aryl methyl sites for hydroxylation is 1. The molecule has 0 amide bonds. The summed E-state index contributed by atoms with van der Waals surface area (Å²) in [6.07, 6.45) is 4.55. The smallest absolute Gasteiger partial charge is 0.159 e. The standard InChI is InChI=1S/C54H35NO2S/c1-3-13-34(14-4-1)35-25-29-38(30-26-35)55(39-31-27-36(28-32-39)40-19-11-21-43-41-17-8-10-24-49(41)58-54(40)43)46-22-12-20-42-45-33-48-51(44-18-7-9-23-47(44)56-48)50(53(45)57-52(42)46)37-15-5-2-6-16-37/h1-10,12-20,22-33H,11,21H2. The second kappa shape index (κ2) is 13.2. The minimum atomic E-state index is 0.827. The Hall–Kier alpha value is -7.14. The lowest BCUT2D eigenvalue weighted by Gasteiger charge is -2.26. The van der Waals surface area contributed by atoms with Crippen molar-refractivity contribution in [2.45, 2.75) is 12.8 Å². The van der Waals surface area contributed by atoms with Crippen LogP contribution >= 0.6 is 11.3 Å². The molecule has 0 N–H and O–H groups in total. The lowest BCUT2D eigenvalue weighted by molar-refractivity contribution is 0.665. The molecule has 11 aromatic rings. The van der Waals surface area contributed by atoms with Gasteiger partial charge in [0.1, 0.15) is 16.7 Å². The summed E-state index contributed by atoms with van der Waals surface area (Å²) in [6.45, 7) is 0. The molecule has 3 aromatic heterocycles. The Bertz CT molecular complexity index is 3370. The van der Waals surface area contributed by atoms with Gasteiger partial charge in [-0.15, -0.1) is 11.3 Å². The molecular formula is C54H35NO2S. The molecule has 3 nitrogen and oxygen atoms in total. The molecule has 0 spiro atoms. The van der Waals surface area contributed by atoms with Crippen LogP contribution in [0.1, 0.15) is 22.4 Å². The van der Waals surface area contributed by atoms with Gasteiger partial charge in [-0.3, -0.25) is 0 Å². The maximum Gasteiger partial charge on any atom is 0.159 e. The van der Waals surface area contributed by atoms with Crippen LogP contribution in [0.4, 0.5) is 17.1 Å². The van der Waals surface area contributed by atoms with Crippen LogP contribution in [0.3, 0.4) is 0 Å². The normalized spacial score (nSPS) is 12.8. The molecule has 8 aromatic carbocycles. The molecule has 0 radical (unpaired) electrons. The number of nitrogens with zero attached hydrogens (tertiary/aromatic N) is 1. The predicted molar refractivity (Wildman–Crippen MR) is 244 cm³/mol. The van der Waals surface area contributed by atoms with E-state index in [1.54, 1.807) is 0 Å². The molecule has 0 aliphatic heterocycles. The Morgan fingerprint density at radius 2 is 1.10 bits per heavy atom. The van der Waals surface area contributed by atoms with Gasteiger partial charge in [-0.2, -0.15) is 0 Å². The highest BCUT2D eigenvalue weighted by molar-refractivity contribution is 7.20. The van der Waals surface area contributed by atoms with Crippen LogP contribution in [0.25, 0.3) is 81.8 Å². The number of allylic oxidation sites excluding steroid dienone is 1. The molecule has 58 heavy (non-hydrogen) atoms. The van der Waals surface area contributed by atoms with E-state index in [9.17, 15) is 0 Å². The van der Waals surface area contributed by atoms with E-state index in [4.69, 9.17) is 8.83 Å². The van der Waals surface area contributed by atoms with E-state index < -0.39 is 0 Å². The summed E-state index contributed by atoms with van der Waals surface area (Å²) in [5.74, 6) is 0. The summed E-state index contributed by atoms with van der Waals surface area (Å²) in [7, 11) is 0. The second-order valence-electron chi connectivity index (χ2n) is 15.1. The fourth-order valence-corrected chi connectivity index (χ4v) is 10.4. The van der Waals surface area contributed by atoms with E-state index in [1.165, 1.54) is 42.8 Å². The fourth-order valence-electron chi connectivity index (χ4n) is 9.10. The third kappa shape index (κ3) is 5.19. The maximum atomic E-state index is 7.21. The minimum Gasteiger partial charge on any atom is -0.456 e. The minimum absolute atomic E-state index is 0.827. The van der Waals surface area contributed by atoms with Crippen LogP contribution < -0.4 is 4.90 Å². The van der Waals surface area contributed by atoms with Crippen LogP contribution in [0, 0.1) is 0 Å². The zero-order valence-electron chi connectivity index (χ0n) is 31.5. The van der Waals surface area contributed by atoms with E-state index in [2.05, 4.69) is 181 Å². The fraction of sp³-hybridized carbons (Fsp3) is 0.0370. The predicted octanol–water partition coefficient (Wildman–Crippen LogP) is 15.9. The topological polar surface area (TPSA) is 29.5 Å². The van der Waals surface area contributed by atoms with Crippen LogP contribution in [0.5, 0.6) is 0 Å². The number of fused-ring (bicyclic) bond motifs is 9. The first-order valence-corrected chi connectivity index (χ1v) is 20.7. The lowest BCUT2D eigenvalue weighted by Crippen LogP contribution is -2.10. The second-order valence-corrected chi connectivity index (χ2v) is 16.1. The number of benzene rings is 8. The molecule has 0 fully saturated rings. The highest BCUT2D eigenvalue weighted by Crippen LogP contribution is 2.49. The van der Waals surface area contributed by atoms with Gasteiger partial charge in [0, 0.05) is 48.1 Å². The van der Waals surface area contributed by atoms with Crippen molar-refractivity contribution in [3.05, 3.63) is 204 Å². The van der Waals surface area contributed by atoms with Crippen molar-refractivity contribution in [2.24, 2.45) is 0 Å². The molecule has 4 heteroatoms. The van der Waals surface area contributed by atoms with Gasteiger partial charge < -0.3 is 13.7 Å². The van der Waals surface area contributed by atoms with E-state index in [0.29, 0.717) is 0 Å². The van der Waals surface area contributed by atoms with Crippen molar-refractivity contribution in [2.75, 3.05) is 4.90 Å². The largest absolute Gasteiger partial charge is 0.456 e. The van der Waals surface area contributed by atoms with Gasteiger partial charge in [0.2, 0.25) is 0 Å². The third-order valence-corrected chi connectivity index (χ3v) is 13.0. The average molecular weight is 762 g/mol. The molecule has 274 valence electrons. The monoisotopic (exact) mass is 761 g/mol. The van der Waals surface area contributed by atoms with Crippen LogP contribution in [0.2, 0.25) is 0 Å². The van der Waals surface area contributed by atoms with Crippen molar-refractivity contribution in [3.63, 3.8) is 0 Å². The first kappa shape index (κ1) is 33.0. The molecule has 0 bridgehead atoms. The quantitative estimate of drug-likeness (QED) is 0.169. The third-order valence-electron chi connectivity index (χ3n) is 11.8. The molecule has 0 atom stereocenters. The van der Waals surface area contributed by atoms with Crippen LogP contribution in [-0.4, -0.2) is 0 Å². The Morgan fingerprint density at radius 3 is 1.88 bits per heavy atom. The first-order chi connectivity index (χ1) is 28.8. The number of anilines is 3. The molecule has 0 saturated heterocycles. The summed E-state index contributed by atoms with van der Waals surface area (Å²) in [6, 6.07) is 64.9. The zero-order valence-corrected chi connectivity index (χ0v) is 32.3. The van der Waals surface area contributed by atoms with Gasteiger partial charge in [0.15, 0.2) is 5.58 Å². The Kier molecular flexibility index (Phi) is 7.54. The summed E-state index contributed by atoms with van der Waals surface area (Å²) in [4.78, 5) is 3.73. The Morgan fingerprint density at radius 1 is 0.466 bits per heavy atom. The van der Waals surface area contributed by atoms with Crippen LogP contribution in [0.15, 0.2) is 197 Å². The molecule has 3 heterocycles. The SMILES string of the molecule is C1=C(c2ccc(N(c3ccc(-c4ccccc4)cc3)c3cccc4c3oc3c(-c5ccccc5)c5c(cc34)oc3ccccc35)cc2)c2sc3ccccc3c2CC1. The molecule has 0 unspecified atom stereocenters. The van der Waals surface area contributed by atoms with Crippen molar-refractivity contribution in [1.82, 2.24) is 0 Å². The Labute approximate surface area is 339 Å². The average Bonchev–Trinajstić information content (AvgIpc) is 3.98. The number of hydrogen-bond acceptors (Lipinski definition) is 4. The highest BCUT2D eigenvalue weighted by atomic mass is 32.1. The molecule has 1 aliphatic rings. The number of para-hydroxylation sites is 2. The molecule has 0 saturated carbocycles. The van der Waals surface area contributed by atoms with Gasteiger partial charge in [-0.05, 0) is 100 Å². The van der Waals surface area contributed by atoms with Gasteiger partial charge >= 0.3 is 0 Å². The summed E-state index contributed by atoms with van der Waals surface area (Å²) in [5, 5.41) is 5.61. The maximum absolute atomic E-state index is 7.21.